The van der Waals surface area contributed by atoms with Gasteiger partial charge in [0, 0.05) is 31.4 Å². The number of ether oxygens (including phenoxy) is 1. The van der Waals surface area contributed by atoms with Crippen molar-refractivity contribution in [3.63, 3.8) is 0 Å². The van der Waals surface area contributed by atoms with Crippen LogP contribution in [0.3, 0.4) is 0 Å². The first-order valence-corrected chi connectivity index (χ1v) is 14.5. The van der Waals surface area contributed by atoms with Gasteiger partial charge in [0.1, 0.15) is 11.8 Å². The lowest BCUT2D eigenvalue weighted by Gasteiger charge is -2.29. The molecular formula is C29H35N3O5S. The van der Waals surface area contributed by atoms with E-state index in [1.165, 1.54) is 4.31 Å². The van der Waals surface area contributed by atoms with E-state index >= 15 is 0 Å². The predicted octanol–water partition coefficient (Wildman–Crippen LogP) is 4.47. The Balaban J connectivity index is 1.47. The first-order chi connectivity index (χ1) is 18.3. The number of carbonyl (C=O) groups excluding carboxylic acids is 2. The van der Waals surface area contributed by atoms with Crippen LogP contribution in [0.1, 0.15) is 45.1 Å². The molecule has 0 aromatic heterocycles. The van der Waals surface area contributed by atoms with Gasteiger partial charge in [-0.15, -0.1) is 0 Å². The van der Waals surface area contributed by atoms with Crippen LogP contribution < -0.4 is 14.4 Å². The van der Waals surface area contributed by atoms with E-state index < -0.39 is 16.1 Å². The molecule has 0 radical (unpaired) electrons. The summed E-state index contributed by atoms with van der Waals surface area (Å²) in [5.74, 6) is 0.302. The van der Waals surface area contributed by atoms with Crippen molar-refractivity contribution in [3.8, 4) is 5.75 Å². The standard InChI is InChI=1S/C29H35N3O5S/c1-4-5-18-30-29(34)21(2)31(20-22-14-16-24(37-3)17-15-22)27(33)13-8-19-32-25-11-6-9-23-10-7-12-26(28(23)25)38(32,35)36/h6-7,9-12,14-17,21H,4-5,8,13,18-20H2,1-3H3,(H,30,34). The number of benzene rings is 3. The average molecular weight is 538 g/mol. The van der Waals surface area contributed by atoms with E-state index in [4.69, 9.17) is 4.74 Å². The summed E-state index contributed by atoms with van der Waals surface area (Å²) < 4.78 is 33.1. The number of anilines is 1. The number of methoxy groups -OCH3 is 1. The first kappa shape index (κ1) is 27.4. The number of nitrogens with zero attached hydrogens (tertiary/aromatic N) is 2. The summed E-state index contributed by atoms with van der Waals surface area (Å²) in [7, 11) is -2.09. The molecule has 1 heterocycles. The third kappa shape index (κ3) is 5.62. The van der Waals surface area contributed by atoms with Gasteiger partial charge in [0.2, 0.25) is 11.8 Å². The van der Waals surface area contributed by atoms with Gasteiger partial charge in [0.25, 0.3) is 10.0 Å². The summed E-state index contributed by atoms with van der Waals surface area (Å²) in [5, 5.41) is 4.51. The Bertz CT molecular complexity index is 1400. The van der Waals surface area contributed by atoms with Gasteiger partial charge in [0.15, 0.2) is 0 Å². The molecule has 0 spiro atoms. The molecule has 1 unspecified atom stereocenters. The minimum Gasteiger partial charge on any atom is -0.497 e. The van der Waals surface area contributed by atoms with E-state index in [0.717, 1.165) is 29.2 Å². The van der Waals surface area contributed by atoms with E-state index in [0.29, 0.717) is 29.3 Å². The quantitative estimate of drug-likeness (QED) is 0.344. The fourth-order valence-corrected chi connectivity index (χ4v) is 6.51. The number of nitrogens with one attached hydrogen (secondary N) is 1. The van der Waals surface area contributed by atoms with Gasteiger partial charge in [-0.05, 0) is 55.0 Å². The Morgan fingerprint density at radius 1 is 1.03 bits per heavy atom. The Hall–Kier alpha value is -3.59. The van der Waals surface area contributed by atoms with E-state index in [2.05, 4.69) is 12.2 Å². The number of unbranched alkanes of at least 4 members (excludes halogenated alkanes) is 1. The van der Waals surface area contributed by atoms with E-state index in [9.17, 15) is 18.0 Å². The molecule has 1 atom stereocenters. The van der Waals surface area contributed by atoms with Crippen LogP contribution in [-0.4, -0.2) is 51.4 Å². The van der Waals surface area contributed by atoms with Crippen molar-refractivity contribution in [2.45, 2.75) is 57.0 Å². The van der Waals surface area contributed by atoms with Crippen molar-refractivity contribution in [2.75, 3.05) is 24.5 Å². The van der Waals surface area contributed by atoms with Gasteiger partial charge in [-0.2, -0.15) is 0 Å². The number of amides is 2. The summed E-state index contributed by atoms with van der Waals surface area (Å²) in [6.07, 6.45) is 2.26. The maximum Gasteiger partial charge on any atom is 0.265 e. The fourth-order valence-electron chi connectivity index (χ4n) is 4.76. The first-order valence-electron chi connectivity index (χ1n) is 13.0. The van der Waals surface area contributed by atoms with Gasteiger partial charge >= 0.3 is 0 Å². The largest absolute Gasteiger partial charge is 0.497 e. The van der Waals surface area contributed by atoms with Crippen LogP contribution in [0.25, 0.3) is 10.8 Å². The van der Waals surface area contributed by atoms with Crippen molar-refractivity contribution in [3.05, 3.63) is 66.2 Å². The molecule has 2 amide bonds. The van der Waals surface area contributed by atoms with Crippen LogP contribution in [0.5, 0.6) is 5.75 Å². The summed E-state index contributed by atoms with van der Waals surface area (Å²) in [5.41, 5.74) is 1.51. The summed E-state index contributed by atoms with van der Waals surface area (Å²) in [6.45, 7) is 4.77. The molecule has 4 rings (SSSR count). The van der Waals surface area contributed by atoms with Crippen LogP contribution >= 0.6 is 0 Å². The zero-order chi connectivity index (χ0) is 27.3. The number of hydrogen-bond donors (Lipinski definition) is 1. The van der Waals surface area contributed by atoms with Crippen LogP contribution in [-0.2, 0) is 26.2 Å². The maximum absolute atomic E-state index is 13.4. The smallest absolute Gasteiger partial charge is 0.265 e. The maximum atomic E-state index is 13.4. The molecule has 9 heteroatoms. The van der Waals surface area contributed by atoms with Crippen molar-refractivity contribution in [2.24, 2.45) is 0 Å². The molecule has 38 heavy (non-hydrogen) atoms. The Kier molecular flexibility index (Phi) is 8.56. The van der Waals surface area contributed by atoms with E-state index in [1.54, 1.807) is 37.1 Å². The fraction of sp³-hybridized carbons (Fsp3) is 0.379. The highest BCUT2D eigenvalue weighted by Crippen LogP contribution is 2.42. The molecule has 1 aliphatic rings. The lowest BCUT2D eigenvalue weighted by Crippen LogP contribution is -2.47. The summed E-state index contributed by atoms with van der Waals surface area (Å²) >= 11 is 0. The number of carbonyl (C=O) groups is 2. The second-order valence-corrected chi connectivity index (χ2v) is 11.3. The molecule has 0 saturated carbocycles. The predicted molar refractivity (Wildman–Crippen MR) is 149 cm³/mol. The normalized spacial score (nSPS) is 14.3. The Labute approximate surface area is 224 Å². The monoisotopic (exact) mass is 537 g/mol. The van der Waals surface area contributed by atoms with E-state index in [-0.39, 0.29) is 31.3 Å². The van der Waals surface area contributed by atoms with E-state index in [1.807, 2.05) is 42.5 Å². The van der Waals surface area contributed by atoms with Crippen LogP contribution in [0.2, 0.25) is 0 Å². The SMILES string of the molecule is CCCCNC(=O)C(C)N(Cc1ccc(OC)cc1)C(=O)CCCN1c2cccc3cccc(c23)S1(=O)=O. The van der Waals surface area contributed by atoms with Crippen LogP contribution in [0, 0.1) is 0 Å². The molecular weight excluding hydrogens is 502 g/mol. The lowest BCUT2D eigenvalue weighted by molar-refractivity contribution is -0.140. The number of rotatable bonds is 12. The second-order valence-electron chi connectivity index (χ2n) is 9.50. The summed E-state index contributed by atoms with van der Waals surface area (Å²) in [6, 6.07) is 17.5. The molecule has 1 aliphatic heterocycles. The zero-order valence-electron chi connectivity index (χ0n) is 22.1. The topological polar surface area (TPSA) is 96.0 Å². The second kappa shape index (κ2) is 11.9. The number of sulfonamides is 1. The third-order valence-corrected chi connectivity index (χ3v) is 8.80. The highest BCUT2D eigenvalue weighted by Gasteiger charge is 2.35. The molecule has 3 aromatic carbocycles. The third-order valence-electron chi connectivity index (χ3n) is 6.94. The highest BCUT2D eigenvalue weighted by molar-refractivity contribution is 7.93. The van der Waals surface area contributed by atoms with Crippen LogP contribution in [0.4, 0.5) is 5.69 Å². The molecule has 0 saturated heterocycles. The molecule has 0 aliphatic carbocycles. The van der Waals surface area contributed by atoms with Crippen molar-refractivity contribution in [1.82, 2.24) is 10.2 Å². The van der Waals surface area contributed by atoms with Crippen molar-refractivity contribution in [1.29, 1.82) is 0 Å². The molecule has 202 valence electrons. The van der Waals surface area contributed by atoms with Gasteiger partial charge in [0.05, 0.1) is 17.7 Å². The van der Waals surface area contributed by atoms with Crippen molar-refractivity contribution < 1.29 is 22.7 Å². The van der Waals surface area contributed by atoms with Gasteiger partial charge < -0.3 is 15.0 Å². The summed E-state index contributed by atoms with van der Waals surface area (Å²) in [4.78, 5) is 28.2. The molecule has 3 aromatic rings. The molecule has 1 N–H and O–H groups in total. The molecule has 8 nitrogen and oxygen atoms in total. The molecule has 0 bridgehead atoms. The molecule has 0 fully saturated rings. The zero-order valence-corrected chi connectivity index (χ0v) is 23.0. The number of hydrogen-bond acceptors (Lipinski definition) is 5. The van der Waals surface area contributed by atoms with Gasteiger partial charge in [-0.1, -0.05) is 49.7 Å². The van der Waals surface area contributed by atoms with Gasteiger partial charge in [-0.25, -0.2) is 8.42 Å². The van der Waals surface area contributed by atoms with Crippen LogP contribution in [0.15, 0.2) is 65.6 Å². The minimum absolute atomic E-state index is 0.112. The Morgan fingerprint density at radius 3 is 2.42 bits per heavy atom. The average Bonchev–Trinajstić information content (AvgIpc) is 3.14. The van der Waals surface area contributed by atoms with Crippen molar-refractivity contribution >= 4 is 38.3 Å². The minimum atomic E-state index is -3.68. The Morgan fingerprint density at radius 2 is 1.74 bits per heavy atom. The lowest BCUT2D eigenvalue weighted by atomic mass is 10.1. The highest BCUT2D eigenvalue weighted by atomic mass is 32.2. The van der Waals surface area contributed by atoms with Gasteiger partial charge in [-0.3, -0.25) is 13.9 Å².